The van der Waals surface area contributed by atoms with E-state index >= 15 is 0 Å². The van der Waals surface area contributed by atoms with Gasteiger partial charge in [-0.25, -0.2) is 0 Å². The van der Waals surface area contributed by atoms with E-state index in [1.807, 2.05) is 12.1 Å². The summed E-state index contributed by atoms with van der Waals surface area (Å²) < 4.78 is 10.5. The van der Waals surface area contributed by atoms with Gasteiger partial charge in [0.15, 0.2) is 11.5 Å². The topological polar surface area (TPSA) is 38.7 Å². The van der Waals surface area contributed by atoms with Gasteiger partial charge in [-0.3, -0.25) is 0 Å². The first-order chi connectivity index (χ1) is 9.06. The molecule has 1 atom stereocenters. The van der Waals surface area contributed by atoms with Gasteiger partial charge in [0.05, 0.1) is 11.1 Å². The molecule has 1 aromatic carbocycles. The second-order valence-electron chi connectivity index (χ2n) is 5.12. The summed E-state index contributed by atoms with van der Waals surface area (Å²) in [7, 11) is 0. The van der Waals surface area contributed by atoms with E-state index in [4.69, 9.17) is 21.1 Å². The van der Waals surface area contributed by atoms with Gasteiger partial charge in [-0.05, 0) is 30.4 Å². The molecular formula is C15H19ClO3. The third-order valence-corrected chi connectivity index (χ3v) is 3.36. The summed E-state index contributed by atoms with van der Waals surface area (Å²) >= 11 is 6.15. The molecule has 2 rings (SSSR count). The number of rotatable bonds is 5. The van der Waals surface area contributed by atoms with E-state index in [0.717, 1.165) is 18.4 Å². The van der Waals surface area contributed by atoms with Crippen molar-refractivity contribution in [3.63, 3.8) is 0 Å². The SMILES string of the molecule is CC(C)CCC(O)/C=C/c1cc2c(cc1Cl)OCO2. The highest BCUT2D eigenvalue weighted by Crippen LogP contribution is 2.37. The van der Waals surface area contributed by atoms with Crippen LogP contribution in [0.1, 0.15) is 32.3 Å². The molecular weight excluding hydrogens is 264 g/mol. The van der Waals surface area contributed by atoms with E-state index in [1.165, 1.54) is 0 Å². The van der Waals surface area contributed by atoms with Gasteiger partial charge in [-0.15, -0.1) is 0 Å². The van der Waals surface area contributed by atoms with E-state index < -0.39 is 6.10 Å². The highest BCUT2D eigenvalue weighted by molar-refractivity contribution is 6.32. The molecule has 1 aliphatic heterocycles. The molecule has 4 heteroatoms. The summed E-state index contributed by atoms with van der Waals surface area (Å²) in [5, 5.41) is 10.5. The van der Waals surface area contributed by atoms with Crippen molar-refractivity contribution in [3.05, 3.63) is 28.8 Å². The fourth-order valence-corrected chi connectivity index (χ4v) is 2.09. The maximum atomic E-state index is 9.86. The van der Waals surface area contributed by atoms with Crippen molar-refractivity contribution in [2.75, 3.05) is 6.79 Å². The normalized spacial score (nSPS) is 15.4. The first-order valence-corrected chi connectivity index (χ1v) is 6.89. The van der Waals surface area contributed by atoms with Crippen LogP contribution in [0.5, 0.6) is 11.5 Å². The largest absolute Gasteiger partial charge is 0.454 e. The molecule has 1 aliphatic rings. The highest BCUT2D eigenvalue weighted by atomic mass is 35.5. The Morgan fingerprint density at radius 1 is 1.26 bits per heavy atom. The van der Waals surface area contributed by atoms with Crippen LogP contribution >= 0.6 is 11.6 Å². The molecule has 1 N–H and O–H groups in total. The number of ether oxygens (including phenoxy) is 2. The number of benzene rings is 1. The van der Waals surface area contributed by atoms with Gasteiger partial charge in [0.1, 0.15) is 0 Å². The summed E-state index contributed by atoms with van der Waals surface area (Å²) in [5.74, 6) is 1.96. The maximum Gasteiger partial charge on any atom is 0.231 e. The van der Waals surface area contributed by atoms with Crippen molar-refractivity contribution in [1.82, 2.24) is 0 Å². The summed E-state index contributed by atoms with van der Waals surface area (Å²) in [4.78, 5) is 0. The van der Waals surface area contributed by atoms with Crippen LogP contribution in [-0.2, 0) is 0 Å². The Morgan fingerprint density at radius 3 is 2.63 bits per heavy atom. The van der Waals surface area contributed by atoms with Crippen LogP contribution in [0.3, 0.4) is 0 Å². The van der Waals surface area contributed by atoms with Gasteiger partial charge in [0.25, 0.3) is 0 Å². The van der Waals surface area contributed by atoms with E-state index in [-0.39, 0.29) is 6.79 Å². The average molecular weight is 283 g/mol. The molecule has 1 unspecified atom stereocenters. The lowest BCUT2D eigenvalue weighted by molar-refractivity contribution is 0.174. The zero-order chi connectivity index (χ0) is 13.8. The van der Waals surface area contributed by atoms with Crippen molar-refractivity contribution in [3.8, 4) is 11.5 Å². The first kappa shape index (κ1) is 14.2. The quantitative estimate of drug-likeness (QED) is 0.891. The third kappa shape index (κ3) is 3.88. The molecule has 0 saturated heterocycles. The standard InChI is InChI=1S/C15H19ClO3/c1-10(2)3-5-12(17)6-4-11-7-14-15(8-13(11)16)19-9-18-14/h4,6-8,10,12,17H,3,5,9H2,1-2H3/b6-4+. The minimum Gasteiger partial charge on any atom is -0.454 e. The van der Waals surface area contributed by atoms with Crippen molar-refractivity contribution >= 4 is 17.7 Å². The summed E-state index contributed by atoms with van der Waals surface area (Å²) in [6.45, 7) is 4.52. The zero-order valence-corrected chi connectivity index (χ0v) is 12.0. The van der Waals surface area contributed by atoms with Crippen LogP contribution in [0.25, 0.3) is 6.08 Å². The predicted octanol–water partition coefficient (Wildman–Crippen LogP) is 3.88. The Hall–Kier alpha value is -1.19. The second kappa shape index (κ2) is 6.31. The van der Waals surface area contributed by atoms with Crippen molar-refractivity contribution < 1.29 is 14.6 Å². The first-order valence-electron chi connectivity index (χ1n) is 6.51. The number of fused-ring (bicyclic) bond motifs is 1. The molecule has 0 aromatic heterocycles. The van der Waals surface area contributed by atoms with Crippen molar-refractivity contribution in [2.24, 2.45) is 5.92 Å². The Balaban J connectivity index is 2.02. The molecule has 19 heavy (non-hydrogen) atoms. The lowest BCUT2D eigenvalue weighted by atomic mass is 10.0. The predicted molar refractivity (Wildman–Crippen MR) is 76.7 cm³/mol. The Labute approximate surface area is 118 Å². The Morgan fingerprint density at radius 2 is 1.95 bits per heavy atom. The monoisotopic (exact) mass is 282 g/mol. The number of halogens is 1. The van der Waals surface area contributed by atoms with Crippen LogP contribution in [0.15, 0.2) is 18.2 Å². The van der Waals surface area contributed by atoms with E-state index in [0.29, 0.717) is 22.4 Å². The molecule has 0 bridgehead atoms. The molecule has 1 heterocycles. The van der Waals surface area contributed by atoms with Gasteiger partial charge in [-0.1, -0.05) is 37.6 Å². The van der Waals surface area contributed by atoms with Gasteiger partial charge in [-0.2, -0.15) is 0 Å². The molecule has 0 fully saturated rings. The van der Waals surface area contributed by atoms with Gasteiger partial charge < -0.3 is 14.6 Å². The summed E-state index contributed by atoms with van der Waals surface area (Å²) in [6, 6.07) is 3.57. The molecule has 0 saturated carbocycles. The lowest BCUT2D eigenvalue weighted by Crippen LogP contribution is -2.03. The zero-order valence-electron chi connectivity index (χ0n) is 11.2. The van der Waals surface area contributed by atoms with E-state index in [2.05, 4.69) is 13.8 Å². The smallest absolute Gasteiger partial charge is 0.231 e. The Bertz CT molecular complexity index is 469. The van der Waals surface area contributed by atoms with Crippen LogP contribution < -0.4 is 9.47 Å². The van der Waals surface area contributed by atoms with Crippen molar-refractivity contribution in [1.29, 1.82) is 0 Å². The minimum absolute atomic E-state index is 0.232. The Kier molecular flexibility index (Phi) is 4.72. The number of aliphatic hydroxyl groups is 1. The van der Waals surface area contributed by atoms with Crippen molar-refractivity contribution in [2.45, 2.75) is 32.8 Å². The summed E-state index contributed by atoms with van der Waals surface area (Å²) in [5.41, 5.74) is 0.828. The minimum atomic E-state index is -0.441. The number of hydrogen-bond acceptors (Lipinski definition) is 3. The fourth-order valence-electron chi connectivity index (χ4n) is 1.88. The molecule has 1 aromatic rings. The second-order valence-corrected chi connectivity index (χ2v) is 5.53. The van der Waals surface area contributed by atoms with Gasteiger partial charge in [0, 0.05) is 6.07 Å². The number of aliphatic hydroxyl groups excluding tert-OH is 1. The highest BCUT2D eigenvalue weighted by Gasteiger charge is 2.15. The van der Waals surface area contributed by atoms with Crippen LogP contribution in [-0.4, -0.2) is 18.0 Å². The molecule has 0 spiro atoms. The van der Waals surface area contributed by atoms with Crippen LogP contribution in [0.4, 0.5) is 0 Å². The van der Waals surface area contributed by atoms with E-state index in [1.54, 1.807) is 12.1 Å². The van der Waals surface area contributed by atoms with Crippen LogP contribution in [0, 0.1) is 5.92 Å². The summed E-state index contributed by atoms with van der Waals surface area (Å²) in [6.07, 6.45) is 4.92. The average Bonchev–Trinajstić information content (AvgIpc) is 2.80. The lowest BCUT2D eigenvalue weighted by Gasteiger charge is -2.08. The number of hydrogen-bond donors (Lipinski definition) is 1. The van der Waals surface area contributed by atoms with Crippen LogP contribution in [0.2, 0.25) is 5.02 Å². The van der Waals surface area contributed by atoms with E-state index in [9.17, 15) is 5.11 Å². The molecule has 104 valence electrons. The van der Waals surface area contributed by atoms with Gasteiger partial charge >= 0.3 is 0 Å². The van der Waals surface area contributed by atoms with Gasteiger partial charge in [0.2, 0.25) is 6.79 Å². The molecule has 0 aliphatic carbocycles. The third-order valence-electron chi connectivity index (χ3n) is 3.03. The molecule has 0 amide bonds. The molecule has 0 radical (unpaired) electrons. The molecule has 3 nitrogen and oxygen atoms in total. The fraction of sp³-hybridized carbons (Fsp3) is 0.467. The maximum absolute atomic E-state index is 9.86.